The highest BCUT2D eigenvalue weighted by Crippen LogP contribution is 2.18. The van der Waals surface area contributed by atoms with Crippen LogP contribution in [0, 0.1) is 0 Å². The number of hydrogen-bond donors (Lipinski definition) is 3. The van der Waals surface area contributed by atoms with Gasteiger partial charge in [0, 0.05) is 17.4 Å². The first-order valence-electron chi connectivity index (χ1n) is 6.23. The van der Waals surface area contributed by atoms with Crippen molar-refractivity contribution in [2.75, 3.05) is 6.54 Å². The maximum Gasteiger partial charge on any atom is 0.340 e. The molecule has 106 valence electrons. The Kier molecular flexibility index (Phi) is 4.73. The Morgan fingerprint density at radius 2 is 2.10 bits per heavy atom. The molecule has 0 radical (unpaired) electrons. The summed E-state index contributed by atoms with van der Waals surface area (Å²) >= 11 is 3.36. The number of halogens is 1. The van der Waals surface area contributed by atoms with E-state index in [-0.39, 0.29) is 17.5 Å². The molecule has 6 nitrogen and oxygen atoms in total. The molecule has 0 fully saturated rings. The highest BCUT2D eigenvalue weighted by Gasteiger charge is 2.14. The zero-order valence-corrected chi connectivity index (χ0v) is 12.5. The molecule has 1 aromatic heterocycles. The van der Waals surface area contributed by atoms with Gasteiger partial charge in [0.25, 0.3) is 0 Å². The van der Waals surface area contributed by atoms with E-state index in [9.17, 15) is 9.59 Å². The number of rotatable bonds is 5. The predicted molar refractivity (Wildman–Crippen MR) is 78.5 cm³/mol. The third-order valence-corrected chi connectivity index (χ3v) is 3.50. The van der Waals surface area contributed by atoms with Gasteiger partial charge < -0.3 is 5.32 Å². The van der Waals surface area contributed by atoms with Crippen molar-refractivity contribution in [3.05, 3.63) is 50.6 Å². The van der Waals surface area contributed by atoms with Gasteiger partial charge in [0.05, 0.1) is 5.92 Å². The first-order valence-corrected chi connectivity index (χ1v) is 7.02. The van der Waals surface area contributed by atoms with E-state index < -0.39 is 0 Å². The lowest BCUT2D eigenvalue weighted by molar-refractivity contribution is -0.122. The number of aromatic nitrogens is 3. The molecule has 1 amide bonds. The van der Waals surface area contributed by atoms with Crippen LogP contribution in [0.2, 0.25) is 0 Å². The second-order valence-electron chi connectivity index (χ2n) is 4.44. The topological polar surface area (TPSA) is 90.6 Å². The Hall–Kier alpha value is -1.89. The van der Waals surface area contributed by atoms with Crippen molar-refractivity contribution in [3.63, 3.8) is 0 Å². The monoisotopic (exact) mass is 338 g/mol. The number of benzene rings is 1. The molecule has 3 N–H and O–H groups in total. The Morgan fingerprint density at radius 1 is 1.40 bits per heavy atom. The summed E-state index contributed by atoms with van der Waals surface area (Å²) in [7, 11) is 0. The smallest absolute Gasteiger partial charge is 0.340 e. The van der Waals surface area contributed by atoms with Crippen molar-refractivity contribution in [2.45, 2.75) is 19.3 Å². The molecule has 0 aliphatic heterocycles. The minimum atomic E-state index is -0.338. The van der Waals surface area contributed by atoms with Crippen molar-refractivity contribution in [3.8, 4) is 0 Å². The Morgan fingerprint density at radius 3 is 2.70 bits per heavy atom. The van der Waals surface area contributed by atoms with Crippen LogP contribution in [0.25, 0.3) is 0 Å². The maximum atomic E-state index is 12.0. The van der Waals surface area contributed by atoms with Crippen LogP contribution in [0.4, 0.5) is 0 Å². The van der Waals surface area contributed by atoms with Crippen LogP contribution in [0.3, 0.4) is 0 Å². The average molecular weight is 339 g/mol. The molecule has 2 rings (SSSR count). The summed E-state index contributed by atoms with van der Waals surface area (Å²) < 4.78 is 0.983. The SMILES string of the molecule is CC(C(=O)NCCc1n[nH]c(=O)[nH]1)c1ccc(Br)cc1. The van der Waals surface area contributed by atoms with Crippen LogP contribution in [0.1, 0.15) is 24.2 Å². The number of amides is 1. The summed E-state index contributed by atoms with van der Waals surface area (Å²) in [6.45, 7) is 2.29. The van der Waals surface area contributed by atoms with Gasteiger partial charge in [0.15, 0.2) is 0 Å². The van der Waals surface area contributed by atoms with Crippen molar-refractivity contribution < 1.29 is 4.79 Å². The van der Waals surface area contributed by atoms with E-state index in [1.54, 1.807) is 0 Å². The zero-order chi connectivity index (χ0) is 14.5. The van der Waals surface area contributed by atoms with E-state index >= 15 is 0 Å². The summed E-state index contributed by atoms with van der Waals surface area (Å²) in [5, 5.41) is 8.88. The summed E-state index contributed by atoms with van der Waals surface area (Å²) in [5.41, 5.74) is 0.619. The lowest BCUT2D eigenvalue weighted by Gasteiger charge is -2.12. The number of nitrogens with one attached hydrogen (secondary N) is 3. The van der Waals surface area contributed by atoms with E-state index in [1.165, 1.54) is 0 Å². The molecule has 0 spiro atoms. The molecular weight excluding hydrogens is 324 g/mol. The fourth-order valence-corrected chi connectivity index (χ4v) is 2.05. The number of carbonyl (C=O) groups excluding carboxylic acids is 1. The van der Waals surface area contributed by atoms with E-state index in [0.717, 1.165) is 10.0 Å². The molecule has 1 aromatic carbocycles. The number of nitrogens with zero attached hydrogens (tertiary/aromatic N) is 1. The number of carbonyl (C=O) groups is 1. The van der Waals surface area contributed by atoms with Gasteiger partial charge in [-0.1, -0.05) is 28.1 Å². The highest BCUT2D eigenvalue weighted by atomic mass is 79.9. The van der Waals surface area contributed by atoms with Crippen LogP contribution in [-0.2, 0) is 11.2 Å². The molecule has 0 saturated carbocycles. The van der Waals surface area contributed by atoms with Gasteiger partial charge in [-0.15, -0.1) is 0 Å². The van der Waals surface area contributed by atoms with Crippen molar-refractivity contribution in [1.82, 2.24) is 20.5 Å². The number of H-pyrrole nitrogens is 2. The Balaban J connectivity index is 1.85. The van der Waals surface area contributed by atoms with Crippen molar-refractivity contribution in [1.29, 1.82) is 0 Å². The quantitative estimate of drug-likeness (QED) is 0.767. The van der Waals surface area contributed by atoms with Crippen LogP contribution in [0.5, 0.6) is 0 Å². The van der Waals surface area contributed by atoms with E-state index in [4.69, 9.17) is 0 Å². The molecule has 1 unspecified atom stereocenters. The first kappa shape index (κ1) is 14.5. The first-order chi connectivity index (χ1) is 9.56. The Bertz CT molecular complexity index is 632. The van der Waals surface area contributed by atoms with E-state index in [0.29, 0.717) is 18.8 Å². The van der Waals surface area contributed by atoms with E-state index in [1.807, 2.05) is 31.2 Å². The van der Waals surface area contributed by atoms with Gasteiger partial charge in [0.1, 0.15) is 5.82 Å². The van der Waals surface area contributed by atoms with Gasteiger partial charge in [-0.25, -0.2) is 9.89 Å². The van der Waals surface area contributed by atoms with Gasteiger partial charge in [-0.3, -0.25) is 9.78 Å². The van der Waals surface area contributed by atoms with Crippen molar-refractivity contribution in [2.24, 2.45) is 0 Å². The third kappa shape index (κ3) is 3.80. The van der Waals surface area contributed by atoms with Crippen LogP contribution >= 0.6 is 15.9 Å². The minimum Gasteiger partial charge on any atom is -0.355 e. The van der Waals surface area contributed by atoms with Crippen LogP contribution in [0.15, 0.2) is 33.5 Å². The zero-order valence-electron chi connectivity index (χ0n) is 10.9. The normalized spacial score (nSPS) is 12.1. The lowest BCUT2D eigenvalue weighted by atomic mass is 10.0. The van der Waals surface area contributed by atoms with Gasteiger partial charge in [0.2, 0.25) is 5.91 Å². The van der Waals surface area contributed by atoms with Gasteiger partial charge >= 0.3 is 5.69 Å². The van der Waals surface area contributed by atoms with Crippen LogP contribution in [-0.4, -0.2) is 27.6 Å². The van der Waals surface area contributed by atoms with Gasteiger partial charge in [-0.05, 0) is 24.6 Å². The molecule has 20 heavy (non-hydrogen) atoms. The molecule has 0 aliphatic carbocycles. The maximum absolute atomic E-state index is 12.0. The van der Waals surface area contributed by atoms with E-state index in [2.05, 4.69) is 36.4 Å². The number of hydrogen-bond acceptors (Lipinski definition) is 3. The fourth-order valence-electron chi connectivity index (χ4n) is 1.78. The summed E-state index contributed by atoms with van der Waals surface area (Å²) in [5.74, 6) is 0.262. The summed E-state index contributed by atoms with van der Waals surface area (Å²) in [4.78, 5) is 25.4. The third-order valence-electron chi connectivity index (χ3n) is 2.97. The Labute approximate surface area is 124 Å². The molecule has 0 saturated heterocycles. The predicted octanol–water partition coefficient (Wildman–Crippen LogP) is 1.32. The molecule has 1 atom stereocenters. The average Bonchev–Trinajstić information content (AvgIpc) is 2.84. The lowest BCUT2D eigenvalue weighted by Crippen LogP contribution is -2.30. The molecule has 7 heteroatoms. The molecule has 0 bridgehead atoms. The summed E-state index contributed by atoms with van der Waals surface area (Å²) in [6, 6.07) is 7.65. The second-order valence-corrected chi connectivity index (χ2v) is 5.35. The standard InChI is InChI=1S/C13H15BrN4O2/c1-8(9-2-4-10(14)5-3-9)12(19)15-7-6-11-16-13(20)18-17-11/h2-5,8H,6-7H2,1H3,(H,15,19)(H2,16,17,18,20). The van der Waals surface area contributed by atoms with Crippen molar-refractivity contribution >= 4 is 21.8 Å². The molecule has 1 heterocycles. The largest absolute Gasteiger partial charge is 0.355 e. The molecule has 0 aliphatic rings. The number of aromatic amines is 2. The molecular formula is C13H15BrN4O2. The fraction of sp³-hybridized carbons (Fsp3) is 0.308. The molecule has 2 aromatic rings. The van der Waals surface area contributed by atoms with Crippen LogP contribution < -0.4 is 11.0 Å². The highest BCUT2D eigenvalue weighted by molar-refractivity contribution is 9.10. The second kappa shape index (κ2) is 6.51. The summed E-state index contributed by atoms with van der Waals surface area (Å²) in [6.07, 6.45) is 0.484. The van der Waals surface area contributed by atoms with Gasteiger partial charge in [-0.2, -0.15) is 5.10 Å². The minimum absolute atomic E-state index is 0.0507.